The summed E-state index contributed by atoms with van der Waals surface area (Å²) in [4.78, 5) is 3.44. The monoisotopic (exact) mass is 173 g/mol. The summed E-state index contributed by atoms with van der Waals surface area (Å²) in [6.07, 6.45) is 0. The third-order valence-electron chi connectivity index (χ3n) is 2.52. The molecule has 0 aliphatic carbocycles. The van der Waals surface area contributed by atoms with Crippen molar-refractivity contribution < 1.29 is 0 Å². The van der Waals surface area contributed by atoms with Crippen molar-refractivity contribution in [3.05, 3.63) is 35.5 Å². The Labute approximate surface area is 78.8 Å². The number of benzene rings is 1. The Morgan fingerprint density at radius 2 is 2.00 bits per heavy atom. The lowest BCUT2D eigenvalue weighted by molar-refractivity contribution is 0.836. The van der Waals surface area contributed by atoms with E-state index in [2.05, 4.69) is 50.0 Å². The van der Waals surface area contributed by atoms with Crippen LogP contribution in [0.1, 0.15) is 31.0 Å². The lowest BCUT2D eigenvalue weighted by Crippen LogP contribution is -1.84. The SMILES string of the molecule is Cc1cccc2[nH]c(C(C)C)cc12. The first-order valence-electron chi connectivity index (χ1n) is 4.76. The van der Waals surface area contributed by atoms with Crippen molar-refractivity contribution in [2.24, 2.45) is 0 Å². The molecule has 0 radical (unpaired) electrons. The smallest absolute Gasteiger partial charge is 0.0458 e. The highest BCUT2D eigenvalue weighted by Crippen LogP contribution is 2.23. The molecule has 0 spiro atoms. The van der Waals surface area contributed by atoms with Crippen LogP contribution in [0.15, 0.2) is 24.3 Å². The fourth-order valence-electron chi connectivity index (χ4n) is 1.64. The van der Waals surface area contributed by atoms with Crippen molar-refractivity contribution in [3.63, 3.8) is 0 Å². The molecule has 0 fully saturated rings. The third-order valence-corrected chi connectivity index (χ3v) is 2.52. The Balaban J connectivity index is 2.68. The molecule has 0 atom stereocenters. The fraction of sp³-hybridized carbons (Fsp3) is 0.333. The van der Waals surface area contributed by atoms with Crippen LogP contribution in [0.25, 0.3) is 10.9 Å². The number of aromatic nitrogens is 1. The maximum Gasteiger partial charge on any atom is 0.0458 e. The molecule has 0 saturated heterocycles. The van der Waals surface area contributed by atoms with Crippen molar-refractivity contribution in [2.75, 3.05) is 0 Å². The highest BCUT2D eigenvalue weighted by molar-refractivity contribution is 5.83. The third kappa shape index (κ3) is 1.35. The number of hydrogen-bond acceptors (Lipinski definition) is 0. The van der Waals surface area contributed by atoms with Crippen LogP contribution in [0.5, 0.6) is 0 Å². The molecule has 0 amide bonds. The number of aryl methyl sites for hydroxylation is 1. The summed E-state index contributed by atoms with van der Waals surface area (Å²) in [5.41, 5.74) is 3.92. The highest BCUT2D eigenvalue weighted by atomic mass is 14.7. The maximum absolute atomic E-state index is 3.44. The minimum atomic E-state index is 0.576. The van der Waals surface area contributed by atoms with Crippen LogP contribution < -0.4 is 0 Å². The van der Waals surface area contributed by atoms with E-state index in [9.17, 15) is 0 Å². The van der Waals surface area contributed by atoms with E-state index in [1.54, 1.807) is 0 Å². The van der Waals surface area contributed by atoms with Crippen molar-refractivity contribution in [1.29, 1.82) is 0 Å². The molecule has 0 bridgehead atoms. The topological polar surface area (TPSA) is 15.8 Å². The predicted octanol–water partition coefficient (Wildman–Crippen LogP) is 3.60. The minimum Gasteiger partial charge on any atom is -0.358 e. The van der Waals surface area contributed by atoms with Crippen LogP contribution in [-0.4, -0.2) is 4.98 Å². The van der Waals surface area contributed by atoms with Crippen molar-refractivity contribution in [1.82, 2.24) is 4.98 Å². The van der Waals surface area contributed by atoms with Gasteiger partial charge in [0.2, 0.25) is 0 Å². The van der Waals surface area contributed by atoms with Crippen LogP contribution >= 0.6 is 0 Å². The number of rotatable bonds is 1. The van der Waals surface area contributed by atoms with Gasteiger partial charge < -0.3 is 4.98 Å². The molecule has 1 aromatic heterocycles. The number of H-pyrrole nitrogens is 1. The van der Waals surface area contributed by atoms with Crippen LogP contribution in [0, 0.1) is 6.92 Å². The number of fused-ring (bicyclic) bond motifs is 1. The Bertz CT molecular complexity index is 424. The van der Waals surface area contributed by atoms with Crippen LogP contribution in [0.2, 0.25) is 0 Å². The molecule has 1 N–H and O–H groups in total. The van der Waals surface area contributed by atoms with Gasteiger partial charge in [0.1, 0.15) is 0 Å². The van der Waals surface area contributed by atoms with E-state index in [-0.39, 0.29) is 0 Å². The standard InChI is InChI=1S/C12H15N/c1-8(2)12-7-10-9(3)5-4-6-11(10)13-12/h4-8,13H,1-3H3. The summed E-state index contributed by atoms with van der Waals surface area (Å²) in [5.74, 6) is 0.576. The van der Waals surface area contributed by atoms with E-state index in [0.717, 1.165) is 0 Å². The molecule has 2 rings (SSSR count). The molecule has 1 heteroatoms. The van der Waals surface area contributed by atoms with Gasteiger partial charge in [-0.3, -0.25) is 0 Å². The Morgan fingerprint density at radius 1 is 1.23 bits per heavy atom. The molecular weight excluding hydrogens is 158 g/mol. The molecule has 68 valence electrons. The van der Waals surface area contributed by atoms with Gasteiger partial charge in [0, 0.05) is 16.6 Å². The summed E-state index contributed by atoms with van der Waals surface area (Å²) >= 11 is 0. The summed E-state index contributed by atoms with van der Waals surface area (Å²) < 4.78 is 0. The fourth-order valence-corrected chi connectivity index (χ4v) is 1.64. The van der Waals surface area contributed by atoms with Gasteiger partial charge >= 0.3 is 0 Å². The molecule has 0 saturated carbocycles. The molecule has 0 aliphatic rings. The van der Waals surface area contributed by atoms with E-state index in [1.807, 2.05) is 0 Å². The first-order chi connectivity index (χ1) is 6.18. The normalized spacial score (nSPS) is 11.4. The Kier molecular flexibility index (Phi) is 1.87. The van der Waals surface area contributed by atoms with Gasteiger partial charge in [0.15, 0.2) is 0 Å². The van der Waals surface area contributed by atoms with Gasteiger partial charge in [0.05, 0.1) is 0 Å². The minimum absolute atomic E-state index is 0.576. The molecule has 1 heterocycles. The van der Waals surface area contributed by atoms with Gasteiger partial charge in [-0.05, 0) is 30.5 Å². The molecule has 1 nitrogen and oxygen atoms in total. The largest absolute Gasteiger partial charge is 0.358 e. The van der Waals surface area contributed by atoms with Gasteiger partial charge in [-0.25, -0.2) is 0 Å². The van der Waals surface area contributed by atoms with E-state index in [4.69, 9.17) is 0 Å². The lowest BCUT2D eigenvalue weighted by Gasteiger charge is -1.97. The van der Waals surface area contributed by atoms with Crippen molar-refractivity contribution in [2.45, 2.75) is 26.7 Å². The predicted molar refractivity (Wildman–Crippen MR) is 57.1 cm³/mol. The van der Waals surface area contributed by atoms with E-state index in [1.165, 1.54) is 22.2 Å². The van der Waals surface area contributed by atoms with E-state index in [0.29, 0.717) is 5.92 Å². The summed E-state index contributed by atoms with van der Waals surface area (Å²) in [7, 11) is 0. The molecule has 1 aromatic carbocycles. The summed E-state index contributed by atoms with van der Waals surface area (Å²) in [6.45, 7) is 6.57. The van der Waals surface area contributed by atoms with Gasteiger partial charge in [0.25, 0.3) is 0 Å². The van der Waals surface area contributed by atoms with Crippen LogP contribution in [-0.2, 0) is 0 Å². The first kappa shape index (κ1) is 8.36. The van der Waals surface area contributed by atoms with Crippen molar-refractivity contribution in [3.8, 4) is 0 Å². The Hall–Kier alpha value is -1.24. The van der Waals surface area contributed by atoms with Gasteiger partial charge in [-0.1, -0.05) is 26.0 Å². The zero-order chi connectivity index (χ0) is 9.42. The zero-order valence-electron chi connectivity index (χ0n) is 8.39. The number of hydrogen-bond donors (Lipinski definition) is 1. The Morgan fingerprint density at radius 3 is 2.62 bits per heavy atom. The molecule has 2 aromatic rings. The molecule has 13 heavy (non-hydrogen) atoms. The highest BCUT2D eigenvalue weighted by Gasteiger charge is 2.04. The van der Waals surface area contributed by atoms with Crippen LogP contribution in [0.3, 0.4) is 0 Å². The molecule has 0 aliphatic heterocycles. The second-order valence-corrected chi connectivity index (χ2v) is 3.92. The first-order valence-corrected chi connectivity index (χ1v) is 4.76. The van der Waals surface area contributed by atoms with E-state index < -0.39 is 0 Å². The summed E-state index contributed by atoms with van der Waals surface area (Å²) in [5, 5.41) is 1.35. The van der Waals surface area contributed by atoms with Crippen LogP contribution in [0.4, 0.5) is 0 Å². The lowest BCUT2D eigenvalue weighted by atomic mass is 10.1. The zero-order valence-corrected chi connectivity index (χ0v) is 8.39. The quantitative estimate of drug-likeness (QED) is 0.678. The second kappa shape index (κ2) is 2.91. The second-order valence-electron chi connectivity index (χ2n) is 3.92. The number of nitrogens with one attached hydrogen (secondary N) is 1. The van der Waals surface area contributed by atoms with Gasteiger partial charge in [-0.2, -0.15) is 0 Å². The average Bonchev–Trinajstić information content (AvgIpc) is 2.49. The average molecular weight is 173 g/mol. The molecular formula is C12H15N. The van der Waals surface area contributed by atoms with E-state index >= 15 is 0 Å². The van der Waals surface area contributed by atoms with Gasteiger partial charge in [-0.15, -0.1) is 0 Å². The maximum atomic E-state index is 3.44. The van der Waals surface area contributed by atoms with Crippen molar-refractivity contribution >= 4 is 10.9 Å². The summed E-state index contributed by atoms with van der Waals surface area (Å²) in [6, 6.07) is 8.64. The number of aromatic amines is 1. The molecule has 0 unspecified atom stereocenters.